The van der Waals surface area contributed by atoms with Gasteiger partial charge in [-0.1, -0.05) is 17.9 Å². The van der Waals surface area contributed by atoms with Gasteiger partial charge in [0, 0.05) is 31.1 Å². The first-order chi connectivity index (χ1) is 13.7. The van der Waals surface area contributed by atoms with Crippen LogP contribution in [0.15, 0.2) is 34.5 Å². The van der Waals surface area contributed by atoms with Crippen LogP contribution in [0.25, 0.3) is 0 Å². The fourth-order valence-corrected chi connectivity index (χ4v) is 3.00. The van der Waals surface area contributed by atoms with Gasteiger partial charge in [0.05, 0.1) is 5.69 Å². The first kappa shape index (κ1) is 20.2. The molecule has 0 aliphatic carbocycles. The number of likely N-dealkylation sites (tertiary alicyclic amines) is 1. The Morgan fingerprint density at radius 3 is 2.76 bits per heavy atom. The van der Waals surface area contributed by atoms with E-state index in [4.69, 9.17) is 5.73 Å². The van der Waals surface area contributed by atoms with E-state index in [1.165, 1.54) is 11.2 Å². The van der Waals surface area contributed by atoms with Crippen LogP contribution in [0.3, 0.4) is 0 Å². The Hall–Kier alpha value is -3.57. The molecule has 29 heavy (non-hydrogen) atoms. The number of hydrogen-bond donors (Lipinski definition) is 2. The zero-order chi connectivity index (χ0) is 21.2. The van der Waals surface area contributed by atoms with Crippen molar-refractivity contribution in [2.24, 2.45) is 9.98 Å². The lowest BCUT2D eigenvalue weighted by molar-refractivity contribution is -0.137. The summed E-state index contributed by atoms with van der Waals surface area (Å²) in [6, 6.07) is 5.46. The summed E-state index contributed by atoms with van der Waals surface area (Å²) in [6.07, 6.45) is 1.65. The third-order valence-electron chi connectivity index (χ3n) is 4.80. The van der Waals surface area contributed by atoms with Crippen LogP contribution in [0.1, 0.15) is 28.8 Å². The predicted octanol–water partition coefficient (Wildman–Crippen LogP) is 1.40. The van der Waals surface area contributed by atoms with Crippen LogP contribution in [0.5, 0.6) is 0 Å². The quantitative estimate of drug-likeness (QED) is 0.457. The lowest BCUT2D eigenvalue weighted by Gasteiger charge is -2.13. The molecule has 0 saturated carbocycles. The van der Waals surface area contributed by atoms with Gasteiger partial charge in [0.2, 0.25) is 5.60 Å². The number of aliphatic imine (C=N–C) groups is 2. The summed E-state index contributed by atoms with van der Waals surface area (Å²) >= 11 is 0. The average Bonchev–Trinajstić information content (AvgIpc) is 2.95. The number of aryl methyl sites for hydroxylation is 2. The van der Waals surface area contributed by atoms with E-state index in [0.29, 0.717) is 34.9 Å². The minimum absolute atomic E-state index is 0.248. The van der Waals surface area contributed by atoms with Crippen molar-refractivity contribution in [1.29, 1.82) is 0 Å². The molecule has 1 aliphatic heterocycles. The largest absolute Gasteiger partial charge is 0.382 e. The minimum atomic E-state index is -1.65. The lowest BCUT2D eigenvalue weighted by Crippen LogP contribution is -2.37. The summed E-state index contributed by atoms with van der Waals surface area (Å²) in [5.74, 6) is 5.83. The van der Waals surface area contributed by atoms with Crippen LogP contribution in [-0.4, -0.2) is 57.6 Å². The standard InChI is InChI=1S/C21H22N6O2/c1-13-5-6-15(7-8-21(29)9-10-27(4)20(21)28)11-16(13)19(23-3)26-17-14(2)24-12-25-18(17)22/h5-6,11-12,29H,3,9-10H2,1-2,4H3,(H2,22,24,25)/t21-/m0/s1. The molecule has 1 fully saturated rings. The number of nitrogen functional groups attached to an aromatic ring is 1. The van der Waals surface area contributed by atoms with Crippen molar-refractivity contribution < 1.29 is 9.90 Å². The topological polar surface area (TPSA) is 117 Å². The number of aromatic nitrogens is 2. The average molecular weight is 390 g/mol. The van der Waals surface area contributed by atoms with E-state index in [2.05, 4.69) is 38.5 Å². The Balaban J connectivity index is 2.01. The molecule has 0 unspecified atom stereocenters. The molecule has 8 heteroatoms. The van der Waals surface area contributed by atoms with Gasteiger partial charge in [0.15, 0.2) is 11.7 Å². The summed E-state index contributed by atoms with van der Waals surface area (Å²) in [7, 11) is 1.64. The van der Waals surface area contributed by atoms with Crippen LogP contribution < -0.4 is 5.73 Å². The lowest BCUT2D eigenvalue weighted by atomic mass is 10.0. The van der Waals surface area contributed by atoms with E-state index in [9.17, 15) is 9.90 Å². The highest BCUT2D eigenvalue weighted by Crippen LogP contribution is 2.25. The van der Waals surface area contributed by atoms with Gasteiger partial charge in [-0.2, -0.15) is 0 Å². The van der Waals surface area contributed by atoms with Crippen molar-refractivity contribution in [2.45, 2.75) is 25.9 Å². The minimum Gasteiger partial charge on any atom is -0.382 e. The normalized spacial score (nSPS) is 19.1. The van der Waals surface area contributed by atoms with E-state index in [-0.39, 0.29) is 18.1 Å². The number of amidine groups is 1. The third kappa shape index (κ3) is 4.00. The number of amides is 1. The van der Waals surface area contributed by atoms with Gasteiger partial charge < -0.3 is 15.7 Å². The van der Waals surface area contributed by atoms with Gasteiger partial charge in [0.25, 0.3) is 5.91 Å². The Labute approximate surface area is 169 Å². The SMILES string of the molecule is C=NC(=Nc1c(C)ncnc1N)c1cc(C#C[C@]2(O)CCN(C)C2=O)ccc1C. The first-order valence-electron chi connectivity index (χ1n) is 9.00. The molecule has 0 bridgehead atoms. The Bertz CT molecular complexity index is 1060. The molecule has 8 nitrogen and oxygen atoms in total. The molecule has 1 aromatic carbocycles. The highest BCUT2D eigenvalue weighted by Gasteiger charge is 2.42. The molecule has 3 rings (SSSR count). The second-order valence-electron chi connectivity index (χ2n) is 6.90. The van der Waals surface area contributed by atoms with E-state index in [1.807, 2.05) is 19.1 Å². The zero-order valence-electron chi connectivity index (χ0n) is 16.6. The number of aliphatic hydroxyl groups is 1. The smallest absolute Gasteiger partial charge is 0.267 e. The van der Waals surface area contributed by atoms with E-state index >= 15 is 0 Å². The second kappa shape index (κ2) is 7.81. The van der Waals surface area contributed by atoms with Crippen LogP contribution in [-0.2, 0) is 4.79 Å². The molecule has 1 saturated heterocycles. The van der Waals surface area contributed by atoms with E-state index in [1.54, 1.807) is 20.0 Å². The molecular formula is C21H22N6O2. The molecule has 0 spiro atoms. The van der Waals surface area contributed by atoms with Crippen LogP contribution in [0.4, 0.5) is 11.5 Å². The van der Waals surface area contributed by atoms with Gasteiger partial charge in [-0.05, 0) is 38.3 Å². The highest BCUT2D eigenvalue weighted by atomic mass is 16.3. The Morgan fingerprint density at radius 1 is 1.38 bits per heavy atom. The Kier molecular flexibility index (Phi) is 5.43. The van der Waals surface area contributed by atoms with Crippen molar-refractivity contribution >= 4 is 30.0 Å². The number of anilines is 1. The predicted molar refractivity (Wildman–Crippen MR) is 112 cm³/mol. The number of benzene rings is 1. The summed E-state index contributed by atoms with van der Waals surface area (Å²) in [4.78, 5) is 30.2. The molecule has 1 atom stereocenters. The van der Waals surface area contributed by atoms with Crippen LogP contribution in [0.2, 0.25) is 0 Å². The van der Waals surface area contributed by atoms with Gasteiger partial charge in [-0.15, -0.1) is 0 Å². The summed E-state index contributed by atoms with van der Waals surface area (Å²) in [5, 5.41) is 10.5. The maximum atomic E-state index is 12.1. The summed E-state index contributed by atoms with van der Waals surface area (Å²) < 4.78 is 0. The molecule has 3 N–H and O–H groups in total. The fraction of sp³-hybridized carbons (Fsp3) is 0.286. The van der Waals surface area contributed by atoms with Gasteiger partial charge in [-0.25, -0.2) is 20.0 Å². The molecule has 1 amide bonds. The summed E-state index contributed by atoms with van der Waals surface area (Å²) in [5.41, 5.74) is 7.55. The van der Waals surface area contributed by atoms with Crippen LogP contribution in [0, 0.1) is 25.7 Å². The number of hydrogen-bond acceptors (Lipinski definition) is 6. The Morgan fingerprint density at radius 2 is 2.14 bits per heavy atom. The number of rotatable bonds is 2. The molecule has 2 aromatic rings. The molecule has 2 heterocycles. The first-order valence-corrected chi connectivity index (χ1v) is 9.00. The number of carbonyl (C=O) groups excluding carboxylic acids is 1. The van der Waals surface area contributed by atoms with Gasteiger partial charge in [0.1, 0.15) is 12.0 Å². The van der Waals surface area contributed by atoms with Crippen molar-refractivity contribution in [3.05, 3.63) is 46.9 Å². The second-order valence-corrected chi connectivity index (χ2v) is 6.90. The number of nitrogens with two attached hydrogens (primary N) is 1. The van der Waals surface area contributed by atoms with Gasteiger partial charge >= 0.3 is 0 Å². The fourth-order valence-electron chi connectivity index (χ4n) is 3.00. The van der Waals surface area contributed by atoms with Gasteiger partial charge in [-0.3, -0.25) is 4.79 Å². The monoisotopic (exact) mass is 390 g/mol. The third-order valence-corrected chi connectivity index (χ3v) is 4.80. The van der Waals surface area contributed by atoms with Crippen molar-refractivity contribution in [2.75, 3.05) is 19.3 Å². The number of nitrogens with zero attached hydrogens (tertiary/aromatic N) is 5. The highest BCUT2D eigenvalue weighted by molar-refractivity contribution is 6.04. The van der Waals surface area contributed by atoms with E-state index in [0.717, 1.165) is 5.56 Å². The molecule has 148 valence electrons. The summed E-state index contributed by atoms with van der Waals surface area (Å²) in [6.45, 7) is 7.78. The number of likely N-dealkylation sites (N-methyl/N-ethyl adjacent to an activating group) is 1. The van der Waals surface area contributed by atoms with Crippen molar-refractivity contribution in [3.63, 3.8) is 0 Å². The zero-order valence-corrected chi connectivity index (χ0v) is 16.6. The van der Waals surface area contributed by atoms with Crippen molar-refractivity contribution in [3.8, 4) is 11.8 Å². The maximum Gasteiger partial charge on any atom is 0.267 e. The molecular weight excluding hydrogens is 368 g/mol. The molecule has 0 radical (unpaired) electrons. The van der Waals surface area contributed by atoms with Crippen molar-refractivity contribution in [1.82, 2.24) is 14.9 Å². The maximum absolute atomic E-state index is 12.1. The molecule has 1 aromatic heterocycles. The van der Waals surface area contributed by atoms with E-state index < -0.39 is 5.60 Å². The van der Waals surface area contributed by atoms with Crippen LogP contribution >= 0.6 is 0 Å². The number of carbonyl (C=O) groups is 1. The molecule has 1 aliphatic rings.